The molecule has 0 aromatic heterocycles. The molecule has 1 heterocycles. The second-order valence-corrected chi connectivity index (χ2v) is 5.40. The van der Waals surface area contributed by atoms with Crippen molar-refractivity contribution in [1.29, 1.82) is 0 Å². The van der Waals surface area contributed by atoms with Gasteiger partial charge in [0.15, 0.2) is 0 Å². The van der Waals surface area contributed by atoms with Gasteiger partial charge in [0.05, 0.1) is 5.92 Å². The average molecular weight is 275 g/mol. The number of nitrogens with two attached hydrogens (primary N) is 1. The molecule has 20 heavy (non-hydrogen) atoms. The maximum absolute atomic E-state index is 12.0. The van der Waals surface area contributed by atoms with Crippen LogP contribution in [0.5, 0.6) is 0 Å². The fourth-order valence-corrected chi connectivity index (χ4v) is 2.30. The third-order valence-electron chi connectivity index (χ3n) is 3.82. The molecule has 5 heteroatoms. The van der Waals surface area contributed by atoms with Crippen molar-refractivity contribution in [3.63, 3.8) is 0 Å². The first-order valence-corrected chi connectivity index (χ1v) is 6.87. The van der Waals surface area contributed by atoms with Crippen LogP contribution in [-0.2, 0) is 16.0 Å². The van der Waals surface area contributed by atoms with Gasteiger partial charge in [0.25, 0.3) is 0 Å². The first-order chi connectivity index (χ1) is 9.40. The van der Waals surface area contributed by atoms with Crippen molar-refractivity contribution < 1.29 is 9.59 Å². The number of nitrogens with one attached hydrogen (secondary N) is 1. The molecule has 3 N–H and O–H groups in total. The van der Waals surface area contributed by atoms with E-state index in [4.69, 9.17) is 5.73 Å². The Labute approximate surface area is 119 Å². The monoisotopic (exact) mass is 275 g/mol. The Bertz CT molecular complexity index is 540. The van der Waals surface area contributed by atoms with Crippen LogP contribution in [0.4, 0.5) is 11.4 Å². The van der Waals surface area contributed by atoms with Crippen LogP contribution in [-0.4, -0.2) is 24.4 Å². The zero-order chi connectivity index (χ0) is 14.9. The minimum absolute atomic E-state index is 0.0473. The molecule has 2 rings (SSSR count). The summed E-state index contributed by atoms with van der Waals surface area (Å²) in [5.74, 6) is -0.274. The molecule has 2 atom stereocenters. The lowest BCUT2D eigenvalue weighted by atomic mass is 10.0. The predicted octanol–water partition coefficient (Wildman–Crippen LogP) is 1.52. The summed E-state index contributed by atoms with van der Waals surface area (Å²) < 4.78 is 0. The van der Waals surface area contributed by atoms with Crippen LogP contribution in [0, 0.1) is 5.92 Å². The summed E-state index contributed by atoms with van der Waals surface area (Å²) in [7, 11) is 0. The molecule has 0 bridgehead atoms. The number of rotatable bonds is 3. The van der Waals surface area contributed by atoms with E-state index in [2.05, 4.69) is 5.32 Å². The number of carbonyl (C=O) groups is 2. The fraction of sp³-hybridized carbons (Fsp3) is 0.467. The summed E-state index contributed by atoms with van der Waals surface area (Å²) in [5.41, 5.74) is 8.51. The molecule has 2 amide bonds. The number of amides is 2. The van der Waals surface area contributed by atoms with Crippen LogP contribution in [0.1, 0.15) is 26.3 Å². The van der Waals surface area contributed by atoms with Gasteiger partial charge in [-0.2, -0.15) is 0 Å². The van der Waals surface area contributed by atoms with Crippen molar-refractivity contribution in [1.82, 2.24) is 0 Å². The molecule has 0 aliphatic carbocycles. The lowest BCUT2D eigenvalue weighted by Crippen LogP contribution is -2.34. The highest BCUT2D eigenvalue weighted by Gasteiger charge is 2.23. The third kappa shape index (κ3) is 2.82. The van der Waals surface area contributed by atoms with Crippen LogP contribution in [0.15, 0.2) is 18.2 Å². The Morgan fingerprint density at radius 2 is 2.05 bits per heavy atom. The Morgan fingerprint density at radius 1 is 1.35 bits per heavy atom. The number of hydrogen-bond acceptors (Lipinski definition) is 3. The minimum Gasteiger partial charge on any atom is -0.327 e. The van der Waals surface area contributed by atoms with Gasteiger partial charge < -0.3 is 16.0 Å². The number of hydrogen-bond donors (Lipinski definition) is 2. The summed E-state index contributed by atoms with van der Waals surface area (Å²) in [6.07, 6.45) is 0.821. The molecule has 0 spiro atoms. The SMILES string of the molecule is CC(=O)N1CCc2cc(NC(=O)C(C)C(C)N)ccc21. The van der Waals surface area contributed by atoms with E-state index in [0.29, 0.717) is 6.54 Å². The molecule has 1 aromatic carbocycles. The normalized spacial score (nSPS) is 16.5. The number of benzene rings is 1. The molecule has 1 aliphatic heterocycles. The Morgan fingerprint density at radius 3 is 2.65 bits per heavy atom. The maximum atomic E-state index is 12.0. The van der Waals surface area contributed by atoms with E-state index in [-0.39, 0.29) is 23.8 Å². The topological polar surface area (TPSA) is 75.4 Å². The van der Waals surface area contributed by atoms with E-state index >= 15 is 0 Å². The maximum Gasteiger partial charge on any atom is 0.228 e. The first kappa shape index (κ1) is 14.5. The zero-order valence-electron chi connectivity index (χ0n) is 12.1. The van der Waals surface area contributed by atoms with Gasteiger partial charge >= 0.3 is 0 Å². The van der Waals surface area contributed by atoms with Gasteiger partial charge in [-0.25, -0.2) is 0 Å². The zero-order valence-corrected chi connectivity index (χ0v) is 12.1. The standard InChI is InChI=1S/C15H21N3O2/c1-9(10(2)16)15(20)17-13-4-5-14-12(8-13)6-7-18(14)11(3)19/h4-5,8-10H,6-7,16H2,1-3H3,(H,17,20). The molecule has 0 fully saturated rings. The van der Waals surface area contributed by atoms with Crippen molar-refractivity contribution in [2.75, 3.05) is 16.8 Å². The van der Waals surface area contributed by atoms with Crippen molar-refractivity contribution in [3.05, 3.63) is 23.8 Å². The van der Waals surface area contributed by atoms with Gasteiger partial charge in [0.1, 0.15) is 0 Å². The summed E-state index contributed by atoms with van der Waals surface area (Å²) in [6.45, 7) is 5.90. The second kappa shape index (κ2) is 5.63. The molecule has 0 saturated carbocycles. The summed E-state index contributed by atoms with van der Waals surface area (Å²) in [4.78, 5) is 25.2. The van der Waals surface area contributed by atoms with Gasteiger partial charge in [-0.05, 0) is 37.1 Å². The van der Waals surface area contributed by atoms with E-state index in [1.807, 2.05) is 32.0 Å². The largest absolute Gasteiger partial charge is 0.327 e. The quantitative estimate of drug-likeness (QED) is 0.878. The molecule has 0 saturated heterocycles. The molecule has 108 valence electrons. The van der Waals surface area contributed by atoms with Gasteiger partial charge in [-0.3, -0.25) is 9.59 Å². The van der Waals surface area contributed by atoms with E-state index in [1.165, 1.54) is 0 Å². The highest BCUT2D eigenvalue weighted by atomic mass is 16.2. The summed E-state index contributed by atoms with van der Waals surface area (Å²) >= 11 is 0. The first-order valence-electron chi connectivity index (χ1n) is 6.87. The smallest absolute Gasteiger partial charge is 0.228 e. The summed E-state index contributed by atoms with van der Waals surface area (Å²) in [6, 6.07) is 5.46. The van der Waals surface area contributed by atoms with E-state index in [0.717, 1.165) is 23.4 Å². The average Bonchev–Trinajstić information content (AvgIpc) is 2.80. The molecular formula is C15H21N3O2. The van der Waals surface area contributed by atoms with Crippen molar-refractivity contribution >= 4 is 23.2 Å². The molecule has 1 aromatic rings. The van der Waals surface area contributed by atoms with Crippen LogP contribution < -0.4 is 16.0 Å². The summed E-state index contributed by atoms with van der Waals surface area (Å²) in [5, 5.41) is 2.87. The minimum atomic E-state index is -0.239. The van der Waals surface area contributed by atoms with Crippen molar-refractivity contribution in [2.24, 2.45) is 11.7 Å². The van der Waals surface area contributed by atoms with E-state index in [9.17, 15) is 9.59 Å². The number of anilines is 2. The predicted molar refractivity (Wildman–Crippen MR) is 79.6 cm³/mol. The fourth-order valence-electron chi connectivity index (χ4n) is 2.30. The molecule has 1 aliphatic rings. The third-order valence-corrected chi connectivity index (χ3v) is 3.82. The Hall–Kier alpha value is -1.88. The van der Waals surface area contributed by atoms with Crippen LogP contribution in [0.25, 0.3) is 0 Å². The van der Waals surface area contributed by atoms with Crippen molar-refractivity contribution in [3.8, 4) is 0 Å². The van der Waals surface area contributed by atoms with Crippen molar-refractivity contribution in [2.45, 2.75) is 33.2 Å². The molecule has 0 radical (unpaired) electrons. The van der Waals surface area contributed by atoms with Gasteiger partial charge in [-0.15, -0.1) is 0 Å². The Kier molecular flexibility index (Phi) is 4.09. The molecule has 5 nitrogen and oxygen atoms in total. The van der Waals surface area contributed by atoms with Gasteiger partial charge in [-0.1, -0.05) is 6.92 Å². The number of carbonyl (C=O) groups excluding carboxylic acids is 2. The lowest BCUT2D eigenvalue weighted by Gasteiger charge is -2.17. The van der Waals surface area contributed by atoms with Crippen LogP contribution in [0.3, 0.4) is 0 Å². The van der Waals surface area contributed by atoms with Crippen LogP contribution in [0.2, 0.25) is 0 Å². The molecular weight excluding hydrogens is 254 g/mol. The second-order valence-electron chi connectivity index (χ2n) is 5.40. The number of nitrogens with zero attached hydrogens (tertiary/aromatic N) is 1. The van der Waals surface area contributed by atoms with Crippen LogP contribution >= 0.6 is 0 Å². The number of fused-ring (bicyclic) bond motifs is 1. The Balaban J connectivity index is 2.13. The van der Waals surface area contributed by atoms with Gasteiger partial charge in [0.2, 0.25) is 11.8 Å². The highest BCUT2D eigenvalue weighted by molar-refractivity contribution is 5.96. The van der Waals surface area contributed by atoms with E-state index in [1.54, 1.807) is 11.8 Å². The lowest BCUT2D eigenvalue weighted by molar-refractivity contribution is -0.120. The highest BCUT2D eigenvalue weighted by Crippen LogP contribution is 2.30. The van der Waals surface area contributed by atoms with E-state index < -0.39 is 0 Å². The molecule has 2 unspecified atom stereocenters. The van der Waals surface area contributed by atoms with Gasteiger partial charge in [0, 0.05) is 30.9 Å².